The Hall–Kier alpha value is -1.71. The molecule has 1 aromatic rings. The molecule has 0 spiro atoms. The van der Waals surface area contributed by atoms with Crippen LogP contribution in [0.5, 0.6) is 5.75 Å². The molecule has 1 aromatic carbocycles. The van der Waals surface area contributed by atoms with E-state index in [1.807, 2.05) is 39.8 Å². The number of anilines is 1. The highest BCUT2D eigenvalue weighted by Gasteiger charge is 2.62. The Balaban J connectivity index is 1.43. The average Bonchev–Trinajstić information content (AvgIpc) is 3.16. The molecule has 3 fully saturated rings. The second-order valence-corrected chi connectivity index (χ2v) is 9.63. The molecule has 4 rings (SSSR count). The Morgan fingerprint density at radius 2 is 1.58 bits per heavy atom. The van der Waals surface area contributed by atoms with Crippen LogP contribution in [0.25, 0.3) is 0 Å². The van der Waals surface area contributed by atoms with Gasteiger partial charge in [-0.05, 0) is 64.3 Å². The number of nitrogens with one attached hydrogen (secondary N) is 1. The SMILES string of the molecule is CC(C)CCOc1ccc(NC(=O)[C@@H]2O[C@@H]3OC(C)(C)O[C@@H]3[C@H]3OC(C)(C)O[C@@H]32)cc1. The smallest absolute Gasteiger partial charge is 0.256 e. The van der Waals surface area contributed by atoms with Gasteiger partial charge in [0.25, 0.3) is 5.91 Å². The van der Waals surface area contributed by atoms with Gasteiger partial charge in [-0.2, -0.15) is 0 Å². The van der Waals surface area contributed by atoms with Crippen molar-refractivity contribution >= 4 is 11.6 Å². The molecule has 31 heavy (non-hydrogen) atoms. The van der Waals surface area contributed by atoms with Gasteiger partial charge >= 0.3 is 0 Å². The monoisotopic (exact) mass is 435 g/mol. The van der Waals surface area contributed by atoms with Crippen molar-refractivity contribution in [2.24, 2.45) is 5.92 Å². The highest BCUT2D eigenvalue weighted by molar-refractivity contribution is 5.94. The predicted molar refractivity (Wildman–Crippen MR) is 113 cm³/mol. The lowest BCUT2D eigenvalue weighted by atomic mass is 9.98. The lowest BCUT2D eigenvalue weighted by Crippen LogP contribution is -2.58. The standard InChI is InChI=1S/C23H33NO7/c1-13(2)11-12-26-15-9-7-14(8-10-15)24-20(25)18-16-17(29-22(3,4)28-16)19-21(27-18)31-23(5,6)30-19/h7-10,13,16-19,21H,11-12H2,1-6H3,(H,24,25)/t16-,17-,18+,19+,21+/m0/s1. The molecule has 3 aliphatic rings. The summed E-state index contributed by atoms with van der Waals surface area (Å²) < 4.78 is 35.6. The molecule has 172 valence electrons. The maximum absolute atomic E-state index is 13.1. The first-order valence-corrected chi connectivity index (χ1v) is 10.9. The van der Waals surface area contributed by atoms with Gasteiger partial charge in [-0.3, -0.25) is 4.79 Å². The number of fused-ring (bicyclic) bond motifs is 3. The van der Waals surface area contributed by atoms with Crippen LogP contribution >= 0.6 is 0 Å². The highest BCUT2D eigenvalue weighted by Crippen LogP contribution is 2.44. The van der Waals surface area contributed by atoms with E-state index in [0.29, 0.717) is 18.2 Å². The first-order chi connectivity index (χ1) is 14.5. The Labute approximate surface area is 183 Å². The fraction of sp³-hybridized carbons (Fsp3) is 0.696. The molecule has 3 saturated heterocycles. The highest BCUT2D eigenvalue weighted by atomic mass is 16.9. The van der Waals surface area contributed by atoms with Gasteiger partial charge in [0.15, 0.2) is 24.0 Å². The molecular formula is C23H33NO7. The second-order valence-electron chi connectivity index (χ2n) is 9.63. The summed E-state index contributed by atoms with van der Waals surface area (Å²) in [5.41, 5.74) is 0.644. The van der Waals surface area contributed by atoms with E-state index >= 15 is 0 Å². The number of benzene rings is 1. The van der Waals surface area contributed by atoms with E-state index in [1.165, 1.54) is 0 Å². The molecule has 0 radical (unpaired) electrons. The Morgan fingerprint density at radius 3 is 2.26 bits per heavy atom. The van der Waals surface area contributed by atoms with E-state index in [-0.39, 0.29) is 5.91 Å². The summed E-state index contributed by atoms with van der Waals surface area (Å²) in [6.07, 6.45) is -2.15. The van der Waals surface area contributed by atoms with Crippen LogP contribution in [0.3, 0.4) is 0 Å². The number of amides is 1. The normalized spacial score (nSPS) is 33.1. The van der Waals surface area contributed by atoms with Crippen molar-refractivity contribution in [2.45, 2.75) is 90.2 Å². The molecular weight excluding hydrogens is 402 g/mol. The van der Waals surface area contributed by atoms with E-state index in [1.54, 1.807) is 12.1 Å². The largest absolute Gasteiger partial charge is 0.494 e. The predicted octanol–water partition coefficient (Wildman–Crippen LogP) is 3.45. The van der Waals surface area contributed by atoms with Gasteiger partial charge in [0, 0.05) is 5.69 Å². The number of carbonyl (C=O) groups is 1. The number of carbonyl (C=O) groups excluding carboxylic acids is 1. The van der Waals surface area contributed by atoms with E-state index in [9.17, 15) is 4.79 Å². The van der Waals surface area contributed by atoms with Crippen molar-refractivity contribution < 1.29 is 33.2 Å². The fourth-order valence-corrected chi connectivity index (χ4v) is 4.08. The molecule has 0 bridgehead atoms. The van der Waals surface area contributed by atoms with Gasteiger partial charge < -0.3 is 33.7 Å². The molecule has 0 aliphatic carbocycles. The summed E-state index contributed by atoms with van der Waals surface area (Å²) in [5, 5.41) is 2.90. The van der Waals surface area contributed by atoms with Crippen molar-refractivity contribution in [1.82, 2.24) is 0 Å². The number of rotatable bonds is 6. The average molecular weight is 436 g/mol. The van der Waals surface area contributed by atoms with Gasteiger partial charge in [-0.25, -0.2) is 0 Å². The molecule has 1 N–H and O–H groups in total. The topological polar surface area (TPSA) is 84.5 Å². The van der Waals surface area contributed by atoms with Crippen LogP contribution in [0.2, 0.25) is 0 Å². The van der Waals surface area contributed by atoms with Gasteiger partial charge in [-0.15, -0.1) is 0 Å². The maximum Gasteiger partial charge on any atom is 0.256 e. The number of hydrogen-bond donors (Lipinski definition) is 1. The van der Waals surface area contributed by atoms with Crippen molar-refractivity contribution in [3.63, 3.8) is 0 Å². The van der Waals surface area contributed by atoms with Crippen LogP contribution in [0, 0.1) is 5.92 Å². The minimum atomic E-state index is -0.896. The third kappa shape index (κ3) is 5.04. The Morgan fingerprint density at radius 1 is 0.968 bits per heavy atom. The summed E-state index contributed by atoms with van der Waals surface area (Å²) in [6.45, 7) is 12.2. The van der Waals surface area contributed by atoms with Crippen molar-refractivity contribution in [3.05, 3.63) is 24.3 Å². The third-order valence-corrected chi connectivity index (χ3v) is 5.50. The zero-order valence-corrected chi connectivity index (χ0v) is 19.0. The van der Waals surface area contributed by atoms with E-state index in [0.717, 1.165) is 12.2 Å². The molecule has 0 saturated carbocycles. The van der Waals surface area contributed by atoms with Crippen LogP contribution in [-0.2, 0) is 28.5 Å². The van der Waals surface area contributed by atoms with Gasteiger partial charge in [0.1, 0.15) is 24.1 Å². The summed E-state index contributed by atoms with van der Waals surface area (Å²) >= 11 is 0. The lowest BCUT2D eigenvalue weighted by molar-refractivity contribution is -0.229. The number of ether oxygens (including phenoxy) is 6. The lowest BCUT2D eigenvalue weighted by Gasteiger charge is -2.36. The summed E-state index contributed by atoms with van der Waals surface area (Å²) in [5.74, 6) is -0.645. The van der Waals surface area contributed by atoms with Crippen molar-refractivity contribution in [3.8, 4) is 5.75 Å². The van der Waals surface area contributed by atoms with Crippen molar-refractivity contribution in [1.29, 1.82) is 0 Å². The molecule has 8 heteroatoms. The molecule has 0 unspecified atom stereocenters. The van der Waals surface area contributed by atoms with Crippen LogP contribution in [0.1, 0.15) is 48.0 Å². The quantitative estimate of drug-likeness (QED) is 0.733. The van der Waals surface area contributed by atoms with Crippen molar-refractivity contribution in [2.75, 3.05) is 11.9 Å². The van der Waals surface area contributed by atoms with Crippen LogP contribution in [0.4, 0.5) is 5.69 Å². The van der Waals surface area contributed by atoms with E-state index in [4.69, 9.17) is 28.4 Å². The zero-order chi connectivity index (χ0) is 22.4. The molecule has 1 amide bonds. The summed E-state index contributed by atoms with van der Waals surface area (Å²) in [7, 11) is 0. The molecule has 8 nitrogen and oxygen atoms in total. The minimum absolute atomic E-state index is 0.323. The number of hydrogen-bond acceptors (Lipinski definition) is 7. The van der Waals surface area contributed by atoms with E-state index < -0.39 is 42.3 Å². The van der Waals surface area contributed by atoms with Gasteiger partial charge in [0.05, 0.1) is 6.61 Å². The summed E-state index contributed by atoms with van der Waals surface area (Å²) in [4.78, 5) is 13.1. The van der Waals surface area contributed by atoms with Crippen LogP contribution in [0.15, 0.2) is 24.3 Å². The van der Waals surface area contributed by atoms with Crippen LogP contribution < -0.4 is 10.1 Å². The first kappa shape index (κ1) is 22.5. The molecule has 0 aromatic heterocycles. The third-order valence-electron chi connectivity index (χ3n) is 5.50. The molecule has 5 atom stereocenters. The maximum atomic E-state index is 13.1. The summed E-state index contributed by atoms with van der Waals surface area (Å²) in [6, 6.07) is 7.29. The van der Waals surface area contributed by atoms with Gasteiger partial charge in [-0.1, -0.05) is 13.8 Å². The fourth-order valence-electron chi connectivity index (χ4n) is 4.08. The molecule has 3 aliphatic heterocycles. The minimum Gasteiger partial charge on any atom is -0.494 e. The Kier molecular flexibility index (Phi) is 6.04. The second kappa shape index (κ2) is 8.33. The Bertz CT molecular complexity index is 792. The zero-order valence-electron chi connectivity index (χ0n) is 19.0. The molecule has 3 heterocycles. The van der Waals surface area contributed by atoms with Gasteiger partial charge in [0.2, 0.25) is 0 Å². The van der Waals surface area contributed by atoms with E-state index in [2.05, 4.69) is 19.2 Å². The van der Waals surface area contributed by atoms with Crippen LogP contribution in [-0.4, -0.2) is 54.8 Å². The first-order valence-electron chi connectivity index (χ1n) is 10.9.